The second-order valence-electron chi connectivity index (χ2n) is 18.1. The summed E-state index contributed by atoms with van der Waals surface area (Å²) >= 11 is 0. The van der Waals surface area contributed by atoms with Gasteiger partial charge in [-0.05, 0) is 128 Å². The zero-order valence-corrected chi connectivity index (χ0v) is 45.0. The van der Waals surface area contributed by atoms with Crippen LogP contribution >= 0.6 is 0 Å². The van der Waals surface area contributed by atoms with Gasteiger partial charge in [0.05, 0.1) is 0 Å². The van der Waals surface area contributed by atoms with Crippen LogP contribution in [0.5, 0.6) is 0 Å². The predicted octanol–water partition coefficient (Wildman–Crippen LogP) is 19.0. The molecule has 0 N–H and O–H groups in total. The minimum atomic E-state index is -0.805. The van der Waals surface area contributed by atoms with Crippen LogP contribution in [0.4, 0.5) is 0 Å². The molecule has 0 radical (unpaired) electrons. The number of unbranched alkanes of at least 4 members (excludes halogenated alkanes) is 16. The number of esters is 3. The Morgan fingerprint density at radius 1 is 0.300 bits per heavy atom. The van der Waals surface area contributed by atoms with Gasteiger partial charge in [-0.25, -0.2) is 0 Å². The van der Waals surface area contributed by atoms with Gasteiger partial charge in [-0.2, -0.15) is 0 Å². The summed E-state index contributed by atoms with van der Waals surface area (Å²) in [6.45, 7) is 6.29. The predicted molar refractivity (Wildman–Crippen MR) is 302 cm³/mol. The normalized spacial score (nSPS) is 13.1. The summed E-state index contributed by atoms with van der Waals surface area (Å²) < 4.78 is 16.8. The molecule has 0 aliphatic rings. The molecule has 394 valence electrons. The zero-order chi connectivity index (χ0) is 50.7. The van der Waals surface area contributed by atoms with Crippen molar-refractivity contribution in [3.05, 3.63) is 134 Å². The molecule has 0 saturated carbocycles. The topological polar surface area (TPSA) is 78.9 Å². The van der Waals surface area contributed by atoms with Crippen molar-refractivity contribution >= 4 is 17.9 Å². The lowest BCUT2D eigenvalue weighted by molar-refractivity contribution is -0.167. The van der Waals surface area contributed by atoms with E-state index >= 15 is 0 Å². The maximum Gasteiger partial charge on any atom is 0.306 e. The van der Waals surface area contributed by atoms with Crippen molar-refractivity contribution in [1.29, 1.82) is 0 Å². The Morgan fingerprint density at radius 2 is 0.557 bits per heavy atom. The molecule has 0 aliphatic heterocycles. The number of rotatable bonds is 49. The molecular weight excluding hydrogens is 865 g/mol. The van der Waals surface area contributed by atoms with Gasteiger partial charge in [0, 0.05) is 19.3 Å². The highest BCUT2D eigenvalue weighted by Gasteiger charge is 2.19. The Kier molecular flexibility index (Phi) is 53.5. The smallest absolute Gasteiger partial charge is 0.306 e. The van der Waals surface area contributed by atoms with Crippen LogP contribution in [0.2, 0.25) is 0 Å². The van der Waals surface area contributed by atoms with E-state index in [1.807, 2.05) is 0 Å². The Morgan fingerprint density at radius 3 is 0.886 bits per heavy atom. The molecule has 0 bridgehead atoms. The summed E-state index contributed by atoms with van der Waals surface area (Å²) in [6, 6.07) is 0. The monoisotopic (exact) mass is 967 g/mol. The first-order chi connectivity index (χ1) is 34.5. The van der Waals surface area contributed by atoms with Crippen molar-refractivity contribution in [2.75, 3.05) is 13.2 Å². The highest BCUT2D eigenvalue weighted by atomic mass is 16.6. The number of carbonyl (C=O) groups is 3. The third kappa shape index (κ3) is 54.5. The van der Waals surface area contributed by atoms with Gasteiger partial charge in [-0.1, -0.05) is 219 Å². The molecule has 0 rings (SSSR count). The molecule has 1 atom stereocenters. The number of carbonyl (C=O) groups excluding carboxylic acids is 3. The van der Waals surface area contributed by atoms with Gasteiger partial charge in [0.1, 0.15) is 13.2 Å². The molecule has 0 fully saturated rings. The fourth-order valence-corrected chi connectivity index (χ4v) is 7.20. The van der Waals surface area contributed by atoms with Gasteiger partial charge >= 0.3 is 17.9 Å². The average Bonchev–Trinajstić information content (AvgIpc) is 3.36. The second-order valence-corrected chi connectivity index (χ2v) is 18.1. The minimum absolute atomic E-state index is 0.102. The Bertz CT molecular complexity index is 1530. The number of hydrogen-bond donors (Lipinski definition) is 0. The van der Waals surface area contributed by atoms with E-state index in [0.717, 1.165) is 167 Å². The van der Waals surface area contributed by atoms with Gasteiger partial charge in [0.2, 0.25) is 0 Å². The van der Waals surface area contributed by atoms with E-state index < -0.39 is 6.10 Å². The molecule has 0 spiro atoms. The average molecular weight is 968 g/mol. The molecule has 6 heteroatoms. The Hall–Kier alpha value is -4.45. The van der Waals surface area contributed by atoms with Crippen molar-refractivity contribution in [3.8, 4) is 0 Å². The summed E-state index contributed by atoms with van der Waals surface area (Å²) in [4.78, 5) is 38.1. The number of allylic oxidation sites excluding steroid dienone is 22. The SMILES string of the molecule is CC/C=C\C/C=C\C/C=C\C/C=C\C/C=C\C/C=C\CCCCCCCCC(=O)OCC(COC(=O)CCCCCCC/C=C\CCC)OC(=O)CCCCCC/C=C\C/C=C\C/C=C\C/C=C\CC. The van der Waals surface area contributed by atoms with Crippen molar-refractivity contribution < 1.29 is 28.6 Å². The van der Waals surface area contributed by atoms with Gasteiger partial charge in [0.25, 0.3) is 0 Å². The van der Waals surface area contributed by atoms with Crippen LogP contribution in [0.15, 0.2) is 134 Å². The minimum Gasteiger partial charge on any atom is -0.462 e. The van der Waals surface area contributed by atoms with Gasteiger partial charge in [-0.3, -0.25) is 14.4 Å². The van der Waals surface area contributed by atoms with Gasteiger partial charge in [-0.15, -0.1) is 0 Å². The first kappa shape index (κ1) is 65.5. The Labute approximate surface area is 430 Å². The highest BCUT2D eigenvalue weighted by Crippen LogP contribution is 2.13. The zero-order valence-electron chi connectivity index (χ0n) is 45.0. The van der Waals surface area contributed by atoms with Crippen LogP contribution in [0.25, 0.3) is 0 Å². The standard InChI is InChI=1S/C64H102O6/c1-4-7-10-13-16-19-22-24-26-28-29-30-31-32-33-34-35-37-38-40-42-45-48-51-54-57-63(66)69-60-61(59-68-62(65)56-53-50-47-44-21-18-15-12-9-6-3)70-64(67)58-55-52-49-46-43-41-39-36-27-25-23-20-17-14-11-8-5-2/h7-8,10-12,15-17,19-20,24-27,29-30,32-33,35,37,39,41,61H,4-6,9,13-14,18,21-23,28,31,34,36,38,40,42-60H2,1-3H3/b10-7-,11-8-,15-12-,19-16-,20-17-,26-24-,27-25-,30-29-,33-32-,37-35-,41-39-. The van der Waals surface area contributed by atoms with E-state index in [0.29, 0.717) is 12.8 Å². The van der Waals surface area contributed by atoms with E-state index in [4.69, 9.17) is 14.2 Å². The number of hydrogen-bond acceptors (Lipinski definition) is 6. The van der Waals surface area contributed by atoms with E-state index in [-0.39, 0.29) is 37.5 Å². The lowest BCUT2D eigenvalue weighted by Crippen LogP contribution is -2.30. The molecule has 6 nitrogen and oxygen atoms in total. The maximum absolute atomic E-state index is 12.8. The fourth-order valence-electron chi connectivity index (χ4n) is 7.20. The maximum atomic E-state index is 12.8. The first-order valence-corrected chi connectivity index (χ1v) is 28.2. The van der Waals surface area contributed by atoms with E-state index in [1.165, 1.54) is 25.7 Å². The summed E-state index contributed by atoms with van der Waals surface area (Å²) in [5.74, 6) is -0.957. The van der Waals surface area contributed by atoms with Gasteiger partial charge in [0.15, 0.2) is 6.10 Å². The van der Waals surface area contributed by atoms with E-state index in [1.54, 1.807) is 0 Å². The lowest BCUT2D eigenvalue weighted by Gasteiger charge is -2.18. The molecular formula is C64H102O6. The lowest BCUT2D eigenvalue weighted by atomic mass is 10.1. The first-order valence-electron chi connectivity index (χ1n) is 28.2. The molecule has 0 aromatic carbocycles. The highest BCUT2D eigenvalue weighted by molar-refractivity contribution is 5.71. The summed E-state index contributed by atoms with van der Waals surface area (Å²) in [6.07, 6.45) is 80.2. The number of ether oxygens (including phenoxy) is 3. The van der Waals surface area contributed by atoms with Crippen LogP contribution in [0, 0.1) is 0 Å². The second kappa shape index (κ2) is 57.1. The van der Waals surface area contributed by atoms with Crippen LogP contribution in [0.3, 0.4) is 0 Å². The third-order valence-corrected chi connectivity index (χ3v) is 11.4. The molecule has 0 amide bonds. The molecule has 1 unspecified atom stereocenters. The van der Waals surface area contributed by atoms with Crippen LogP contribution < -0.4 is 0 Å². The van der Waals surface area contributed by atoms with Crippen LogP contribution in [0.1, 0.15) is 233 Å². The molecule has 0 aliphatic carbocycles. The molecule has 0 aromatic rings. The largest absolute Gasteiger partial charge is 0.462 e. The van der Waals surface area contributed by atoms with E-state index in [9.17, 15) is 14.4 Å². The van der Waals surface area contributed by atoms with Crippen LogP contribution in [-0.2, 0) is 28.6 Å². The summed E-state index contributed by atoms with van der Waals surface area (Å²) in [5.41, 5.74) is 0. The van der Waals surface area contributed by atoms with Crippen molar-refractivity contribution in [1.82, 2.24) is 0 Å². The molecule has 70 heavy (non-hydrogen) atoms. The van der Waals surface area contributed by atoms with Gasteiger partial charge < -0.3 is 14.2 Å². The quantitative estimate of drug-likeness (QED) is 0.0262. The summed E-state index contributed by atoms with van der Waals surface area (Å²) in [7, 11) is 0. The van der Waals surface area contributed by atoms with E-state index in [2.05, 4.69) is 154 Å². The van der Waals surface area contributed by atoms with Crippen molar-refractivity contribution in [2.24, 2.45) is 0 Å². The van der Waals surface area contributed by atoms with Crippen molar-refractivity contribution in [2.45, 2.75) is 239 Å². The molecule has 0 aromatic heterocycles. The molecule has 0 saturated heterocycles. The Balaban J connectivity index is 4.39. The summed E-state index contributed by atoms with van der Waals surface area (Å²) in [5, 5.41) is 0. The van der Waals surface area contributed by atoms with Crippen LogP contribution in [-0.4, -0.2) is 37.2 Å². The third-order valence-electron chi connectivity index (χ3n) is 11.4. The van der Waals surface area contributed by atoms with Crippen molar-refractivity contribution in [3.63, 3.8) is 0 Å². The molecule has 0 heterocycles. The fraction of sp³-hybridized carbons (Fsp3) is 0.609.